The lowest BCUT2D eigenvalue weighted by Gasteiger charge is -2.24. The second-order valence-electron chi connectivity index (χ2n) is 5.61. The van der Waals surface area contributed by atoms with Crippen LogP contribution >= 0.6 is 0 Å². The minimum atomic E-state index is -0.183. The summed E-state index contributed by atoms with van der Waals surface area (Å²) in [4.78, 5) is 14.5. The van der Waals surface area contributed by atoms with Crippen LogP contribution in [0.5, 0.6) is 11.5 Å². The maximum absolute atomic E-state index is 12.7. The Morgan fingerprint density at radius 1 is 1.08 bits per heavy atom. The Hall–Kier alpha value is -2.53. The maximum atomic E-state index is 12.7. The van der Waals surface area contributed by atoms with Crippen molar-refractivity contribution in [1.82, 2.24) is 4.90 Å². The van der Waals surface area contributed by atoms with Crippen molar-refractivity contribution in [2.45, 2.75) is 6.10 Å². The molecule has 0 bridgehead atoms. The van der Waals surface area contributed by atoms with E-state index in [1.807, 2.05) is 30.3 Å². The molecule has 0 radical (unpaired) electrons. The monoisotopic (exact) mass is 327 g/mol. The van der Waals surface area contributed by atoms with E-state index in [9.17, 15) is 4.79 Å². The SMILES string of the molecule is COc1ccc(C(=O)N2CCOC[C@H](Oc3ccccc3)C2)cc1. The normalized spacial score (nSPS) is 17.9. The topological polar surface area (TPSA) is 48.0 Å². The predicted molar refractivity (Wildman–Crippen MR) is 90.6 cm³/mol. The first kappa shape index (κ1) is 16.3. The summed E-state index contributed by atoms with van der Waals surface area (Å²) in [5.41, 5.74) is 0.635. The number of hydrogen-bond acceptors (Lipinski definition) is 4. The number of carbonyl (C=O) groups excluding carboxylic acids is 1. The predicted octanol–water partition coefficient (Wildman–Crippen LogP) is 2.62. The molecule has 1 heterocycles. The first-order valence-corrected chi connectivity index (χ1v) is 7.99. The molecule has 0 aliphatic carbocycles. The van der Waals surface area contributed by atoms with Crippen molar-refractivity contribution >= 4 is 5.91 Å². The largest absolute Gasteiger partial charge is 0.497 e. The van der Waals surface area contributed by atoms with E-state index in [4.69, 9.17) is 14.2 Å². The molecule has 3 rings (SSSR count). The molecule has 1 saturated heterocycles. The molecule has 24 heavy (non-hydrogen) atoms. The van der Waals surface area contributed by atoms with Crippen molar-refractivity contribution in [3.63, 3.8) is 0 Å². The highest BCUT2D eigenvalue weighted by molar-refractivity contribution is 5.94. The summed E-state index contributed by atoms with van der Waals surface area (Å²) >= 11 is 0. The van der Waals surface area contributed by atoms with Crippen LogP contribution in [0.3, 0.4) is 0 Å². The minimum Gasteiger partial charge on any atom is -0.497 e. The molecule has 0 aromatic heterocycles. The van der Waals surface area contributed by atoms with Crippen molar-refractivity contribution in [2.75, 3.05) is 33.4 Å². The highest BCUT2D eigenvalue weighted by Gasteiger charge is 2.24. The van der Waals surface area contributed by atoms with Crippen LogP contribution in [0.1, 0.15) is 10.4 Å². The Morgan fingerprint density at radius 2 is 1.83 bits per heavy atom. The molecule has 1 aliphatic rings. The molecular formula is C19H21NO4. The van der Waals surface area contributed by atoms with Crippen LogP contribution in [-0.2, 0) is 4.74 Å². The number of ether oxygens (including phenoxy) is 3. The fourth-order valence-electron chi connectivity index (χ4n) is 2.64. The molecule has 5 heteroatoms. The number of nitrogens with zero attached hydrogens (tertiary/aromatic N) is 1. The molecule has 2 aromatic carbocycles. The van der Waals surface area contributed by atoms with Crippen LogP contribution in [0.25, 0.3) is 0 Å². The van der Waals surface area contributed by atoms with E-state index in [2.05, 4.69) is 0 Å². The summed E-state index contributed by atoms with van der Waals surface area (Å²) in [5.74, 6) is 1.49. The van der Waals surface area contributed by atoms with Crippen LogP contribution in [0.15, 0.2) is 54.6 Å². The molecule has 1 amide bonds. The average Bonchev–Trinajstić information content (AvgIpc) is 2.87. The fraction of sp³-hybridized carbons (Fsp3) is 0.316. The van der Waals surface area contributed by atoms with E-state index in [1.54, 1.807) is 36.3 Å². The van der Waals surface area contributed by atoms with Gasteiger partial charge in [-0.15, -0.1) is 0 Å². The van der Waals surface area contributed by atoms with Gasteiger partial charge in [0.1, 0.15) is 17.6 Å². The number of para-hydroxylation sites is 1. The Balaban J connectivity index is 1.68. The van der Waals surface area contributed by atoms with E-state index in [0.29, 0.717) is 31.9 Å². The van der Waals surface area contributed by atoms with Crippen LogP contribution in [0, 0.1) is 0 Å². The van der Waals surface area contributed by atoms with Gasteiger partial charge in [-0.1, -0.05) is 18.2 Å². The number of amides is 1. The fourth-order valence-corrected chi connectivity index (χ4v) is 2.64. The van der Waals surface area contributed by atoms with Gasteiger partial charge in [-0.2, -0.15) is 0 Å². The smallest absolute Gasteiger partial charge is 0.254 e. The summed E-state index contributed by atoms with van der Waals surface area (Å²) < 4.78 is 16.7. The van der Waals surface area contributed by atoms with Gasteiger partial charge in [-0.25, -0.2) is 0 Å². The number of methoxy groups -OCH3 is 1. The van der Waals surface area contributed by atoms with Crippen molar-refractivity contribution in [1.29, 1.82) is 0 Å². The summed E-state index contributed by atoms with van der Waals surface area (Å²) in [6.07, 6.45) is -0.183. The second kappa shape index (κ2) is 7.84. The summed E-state index contributed by atoms with van der Waals surface area (Å²) in [7, 11) is 1.61. The van der Waals surface area contributed by atoms with Crippen LogP contribution in [-0.4, -0.2) is 50.3 Å². The molecule has 0 N–H and O–H groups in total. The number of benzene rings is 2. The van der Waals surface area contributed by atoms with Gasteiger partial charge >= 0.3 is 0 Å². The zero-order valence-corrected chi connectivity index (χ0v) is 13.7. The molecule has 1 atom stereocenters. The third kappa shape index (κ3) is 4.06. The highest BCUT2D eigenvalue weighted by atomic mass is 16.5. The number of rotatable bonds is 4. The van der Waals surface area contributed by atoms with Gasteiger partial charge in [0.25, 0.3) is 5.91 Å². The zero-order chi connectivity index (χ0) is 16.8. The van der Waals surface area contributed by atoms with Gasteiger partial charge in [0, 0.05) is 12.1 Å². The molecule has 2 aromatic rings. The van der Waals surface area contributed by atoms with Gasteiger partial charge in [-0.05, 0) is 36.4 Å². The van der Waals surface area contributed by atoms with E-state index in [1.165, 1.54) is 0 Å². The van der Waals surface area contributed by atoms with Gasteiger partial charge in [0.15, 0.2) is 0 Å². The third-order valence-corrected chi connectivity index (χ3v) is 3.90. The van der Waals surface area contributed by atoms with Crippen molar-refractivity contribution in [2.24, 2.45) is 0 Å². The van der Waals surface area contributed by atoms with E-state index in [-0.39, 0.29) is 12.0 Å². The van der Waals surface area contributed by atoms with Crippen molar-refractivity contribution in [3.05, 3.63) is 60.2 Å². The molecule has 126 valence electrons. The highest BCUT2D eigenvalue weighted by Crippen LogP contribution is 2.16. The zero-order valence-electron chi connectivity index (χ0n) is 13.7. The first-order valence-electron chi connectivity index (χ1n) is 7.99. The lowest BCUT2D eigenvalue weighted by molar-refractivity contribution is 0.0652. The van der Waals surface area contributed by atoms with Gasteiger partial charge in [0.2, 0.25) is 0 Å². The van der Waals surface area contributed by atoms with Crippen LogP contribution in [0.4, 0.5) is 0 Å². The molecular weight excluding hydrogens is 306 g/mol. The Morgan fingerprint density at radius 3 is 2.54 bits per heavy atom. The van der Waals surface area contributed by atoms with Crippen LogP contribution < -0.4 is 9.47 Å². The van der Waals surface area contributed by atoms with Gasteiger partial charge < -0.3 is 19.1 Å². The van der Waals surface area contributed by atoms with E-state index >= 15 is 0 Å². The van der Waals surface area contributed by atoms with Gasteiger partial charge in [0.05, 0.1) is 26.9 Å². The number of hydrogen-bond donors (Lipinski definition) is 0. The van der Waals surface area contributed by atoms with Crippen molar-refractivity contribution < 1.29 is 19.0 Å². The molecule has 5 nitrogen and oxygen atoms in total. The summed E-state index contributed by atoms with van der Waals surface area (Å²) in [6, 6.07) is 16.7. The Bertz CT molecular complexity index is 657. The third-order valence-electron chi connectivity index (χ3n) is 3.90. The second-order valence-corrected chi connectivity index (χ2v) is 5.61. The summed E-state index contributed by atoms with van der Waals surface area (Å²) in [5, 5.41) is 0. The minimum absolute atomic E-state index is 0.0233. The quantitative estimate of drug-likeness (QED) is 0.866. The number of carbonyl (C=O) groups is 1. The average molecular weight is 327 g/mol. The molecule has 0 saturated carbocycles. The Kier molecular flexibility index (Phi) is 5.33. The van der Waals surface area contributed by atoms with E-state index < -0.39 is 0 Å². The molecule has 1 fully saturated rings. The first-order chi connectivity index (χ1) is 11.8. The van der Waals surface area contributed by atoms with Crippen LogP contribution in [0.2, 0.25) is 0 Å². The summed E-state index contributed by atoms with van der Waals surface area (Å²) in [6.45, 7) is 2.04. The maximum Gasteiger partial charge on any atom is 0.254 e. The Labute approximate surface area is 141 Å². The van der Waals surface area contributed by atoms with Gasteiger partial charge in [-0.3, -0.25) is 4.79 Å². The van der Waals surface area contributed by atoms with E-state index in [0.717, 1.165) is 11.5 Å². The standard InChI is InChI=1S/C19H21NO4/c1-22-16-9-7-15(8-10-16)19(21)20-11-12-23-14-18(13-20)24-17-5-3-2-4-6-17/h2-10,18H,11-14H2,1H3/t18-/m1/s1. The molecule has 1 aliphatic heterocycles. The lowest BCUT2D eigenvalue weighted by atomic mass is 10.2. The van der Waals surface area contributed by atoms with Crippen molar-refractivity contribution in [3.8, 4) is 11.5 Å². The lowest BCUT2D eigenvalue weighted by Crippen LogP contribution is -2.40. The molecule has 0 spiro atoms. The molecule has 0 unspecified atom stereocenters.